The van der Waals surface area contributed by atoms with Gasteiger partial charge in [0.05, 0.1) is 0 Å². The molecule has 462 valence electrons. The average molecular weight is 1120 g/mol. The van der Waals surface area contributed by atoms with Crippen molar-refractivity contribution in [1.29, 1.82) is 0 Å². The quantitative estimate of drug-likeness (QED) is 0.0261. The van der Waals surface area contributed by atoms with E-state index in [1.165, 1.54) is 212 Å². The van der Waals surface area contributed by atoms with Gasteiger partial charge in [0, 0.05) is 19.3 Å². The molecule has 0 aromatic heterocycles. The summed E-state index contributed by atoms with van der Waals surface area (Å²) >= 11 is 0. The third-order valence-corrected chi connectivity index (χ3v) is 15.1. The minimum absolute atomic E-state index is 0.0739. The fourth-order valence-electron chi connectivity index (χ4n) is 9.97. The van der Waals surface area contributed by atoms with Gasteiger partial charge in [-0.15, -0.1) is 0 Å². The van der Waals surface area contributed by atoms with Gasteiger partial charge in [0.25, 0.3) is 0 Å². The van der Waals surface area contributed by atoms with Crippen molar-refractivity contribution < 1.29 is 28.6 Å². The van der Waals surface area contributed by atoms with Crippen molar-refractivity contribution in [2.45, 2.75) is 354 Å². The van der Waals surface area contributed by atoms with Gasteiger partial charge in [0.2, 0.25) is 0 Å². The van der Waals surface area contributed by atoms with Crippen LogP contribution in [0.25, 0.3) is 0 Å². The molecule has 1 unspecified atom stereocenters. The summed E-state index contributed by atoms with van der Waals surface area (Å²) in [6, 6.07) is 0. The molecule has 0 saturated carbocycles. The summed E-state index contributed by atoms with van der Waals surface area (Å²) in [6.07, 6.45) is 90.4. The SMILES string of the molecule is CC/C=C\C/C=C\C/C=C\C/C=C\CCCCCCCCCCCCCCC(=O)OC(COC(=O)CCCCCCCCCCCC)COC(=O)CCCCCCCCCCCCCC/C=C\C/C=C\C/C=C\CCCCCCC. The molecular formula is C74H130O6. The fourth-order valence-corrected chi connectivity index (χ4v) is 9.97. The molecule has 6 nitrogen and oxygen atoms in total. The Morgan fingerprint density at radius 1 is 0.263 bits per heavy atom. The van der Waals surface area contributed by atoms with Crippen LogP contribution in [-0.2, 0) is 28.6 Å². The number of esters is 3. The smallest absolute Gasteiger partial charge is 0.306 e. The molecule has 0 spiro atoms. The van der Waals surface area contributed by atoms with Crippen molar-refractivity contribution in [3.63, 3.8) is 0 Å². The molecule has 0 aliphatic rings. The number of carbonyl (C=O) groups is 3. The molecule has 0 aromatic carbocycles. The summed E-state index contributed by atoms with van der Waals surface area (Å²) in [4.78, 5) is 38.3. The Labute approximate surface area is 496 Å². The van der Waals surface area contributed by atoms with Crippen molar-refractivity contribution in [2.75, 3.05) is 13.2 Å². The van der Waals surface area contributed by atoms with E-state index >= 15 is 0 Å². The van der Waals surface area contributed by atoms with Gasteiger partial charge in [-0.1, -0.05) is 318 Å². The molecule has 80 heavy (non-hydrogen) atoms. The van der Waals surface area contributed by atoms with Crippen LogP contribution in [0.2, 0.25) is 0 Å². The summed E-state index contributed by atoms with van der Waals surface area (Å²) < 4.78 is 16.9. The maximum absolute atomic E-state index is 12.9. The molecule has 0 N–H and O–H groups in total. The van der Waals surface area contributed by atoms with E-state index in [1.54, 1.807) is 0 Å². The van der Waals surface area contributed by atoms with Crippen LogP contribution in [-0.4, -0.2) is 37.2 Å². The molecule has 0 aromatic rings. The van der Waals surface area contributed by atoms with Crippen LogP contribution in [0.1, 0.15) is 348 Å². The van der Waals surface area contributed by atoms with Gasteiger partial charge >= 0.3 is 17.9 Å². The molecule has 0 fully saturated rings. The number of allylic oxidation sites excluding steroid dienone is 14. The van der Waals surface area contributed by atoms with Crippen LogP contribution >= 0.6 is 0 Å². The third kappa shape index (κ3) is 65.4. The maximum atomic E-state index is 12.9. The normalized spacial score (nSPS) is 12.6. The highest BCUT2D eigenvalue weighted by Crippen LogP contribution is 2.17. The third-order valence-electron chi connectivity index (χ3n) is 15.1. The Hall–Kier alpha value is -3.41. The lowest BCUT2D eigenvalue weighted by atomic mass is 10.0. The minimum atomic E-state index is -0.777. The van der Waals surface area contributed by atoms with Gasteiger partial charge < -0.3 is 14.2 Å². The number of ether oxygens (including phenoxy) is 3. The summed E-state index contributed by atoms with van der Waals surface area (Å²) in [5.41, 5.74) is 0. The summed E-state index contributed by atoms with van der Waals surface area (Å²) in [5, 5.41) is 0. The Bertz CT molecular complexity index is 1520. The summed E-state index contributed by atoms with van der Waals surface area (Å²) in [7, 11) is 0. The van der Waals surface area contributed by atoms with Crippen molar-refractivity contribution in [1.82, 2.24) is 0 Å². The first kappa shape index (κ1) is 76.6. The Kier molecular flexibility index (Phi) is 65.2. The summed E-state index contributed by atoms with van der Waals surface area (Å²) in [5.74, 6) is -0.863. The predicted molar refractivity (Wildman–Crippen MR) is 348 cm³/mol. The number of hydrogen-bond acceptors (Lipinski definition) is 6. The fraction of sp³-hybridized carbons (Fsp3) is 0.770. The lowest BCUT2D eigenvalue weighted by Crippen LogP contribution is -2.30. The lowest BCUT2D eigenvalue weighted by Gasteiger charge is -2.18. The van der Waals surface area contributed by atoms with E-state index < -0.39 is 6.10 Å². The van der Waals surface area contributed by atoms with Crippen molar-refractivity contribution >= 4 is 17.9 Å². The van der Waals surface area contributed by atoms with Crippen molar-refractivity contribution in [3.8, 4) is 0 Å². The van der Waals surface area contributed by atoms with E-state index in [4.69, 9.17) is 14.2 Å². The van der Waals surface area contributed by atoms with Gasteiger partial charge in [-0.3, -0.25) is 14.4 Å². The van der Waals surface area contributed by atoms with E-state index in [0.717, 1.165) is 96.3 Å². The average Bonchev–Trinajstić information content (AvgIpc) is 3.46. The molecule has 0 rings (SSSR count). The standard InChI is InChI=1S/C74H130O6/c1-4-7-10-13-16-19-22-24-26-28-30-32-34-36-37-39-40-42-44-46-48-50-52-55-58-61-64-67-73(76)79-70-71(69-78-72(75)66-63-60-57-54-21-18-15-12-9-6-3)80-74(77)68-65-62-59-56-53-51-49-47-45-43-41-38-35-33-31-29-27-25-23-20-17-14-11-8-5-2/h8,11,17,20,22,24-25,27-28,30-31,33-34,36,71H,4-7,9-10,12-16,18-19,21,23,26,29,32,35,37-70H2,1-3H3/b11-8-,20-17-,24-22-,27-25-,30-28-,33-31-,36-34-. The second kappa shape index (κ2) is 68.1. The van der Waals surface area contributed by atoms with E-state index in [9.17, 15) is 14.4 Å². The number of hydrogen-bond donors (Lipinski definition) is 0. The van der Waals surface area contributed by atoms with Gasteiger partial charge in [0.15, 0.2) is 6.10 Å². The van der Waals surface area contributed by atoms with Crippen LogP contribution in [0, 0.1) is 0 Å². The Morgan fingerprint density at radius 3 is 0.762 bits per heavy atom. The highest BCUT2D eigenvalue weighted by molar-refractivity contribution is 5.71. The molecule has 6 heteroatoms. The van der Waals surface area contributed by atoms with E-state index in [2.05, 4.69) is 106 Å². The van der Waals surface area contributed by atoms with Crippen LogP contribution in [0.5, 0.6) is 0 Å². The van der Waals surface area contributed by atoms with Crippen LogP contribution in [0.4, 0.5) is 0 Å². The highest BCUT2D eigenvalue weighted by Gasteiger charge is 2.19. The topological polar surface area (TPSA) is 78.9 Å². The maximum Gasteiger partial charge on any atom is 0.306 e. The monoisotopic (exact) mass is 1110 g/mol. The van der Waals surface area contributed by atoms with Gasteiger partial charge in [0.1, 0.15) is 13.2 Å². The van der Waals surface area contributed by atoms with Gasteiger partial charge in [-0.2, -0.15) is 0 Å². The van der Waals surface area contributed by atoms with Crippen LogP contribution in [0.3, 0.4) is 0 Å². The zero-order chi connectivity index (χ0) is 57.8. The molecule has 0 amide bonds. The minimum Gasteiger partial charge on any atom is -0.462 e. The van der Waals surface area contributed by atoms with Crippen LogP contribution < -0.4 is 0 Å². The molecule has 0 radical (unpaired) electrons. The number of carbonyl (C=O) groups excluding carboxylic acids is 3. The molecular weight excluding hydrogens is 985 g/mol. The largest absolute Gasteiger partial charge is 0.462 e. The van der Waals surface area contributed by atoms with Crippen molar-refractivity contribution in [2.24, 2.45) is 0 Å². The lowest BCUT2D eigenvalue weighted by molar-refractivity contribution is -0.167. The Balaban J connectivity index is 4.20. The number of unbranched alkanes of at least 4 members (excludes halogenated alkanes) is 38. The highest BCUT2D eigenvalue weighted by atomic mass is 16.6. The number of rotatable bonds is 63. The molecule has 0 saturated heterocycles. The molecule has 0 aliphatic heterocycles. The van der Waals surface area contributed by atoms with E-state index in [1.807, 2.05) is 0 Å². The first-order valence-electron chi connectivity index (χ1n) is 34.6. The van der Waals surface area contributed by atoms with E-state index in [-0.39, 0.29) is 31.1 Å². The van der Waals surface area contributed by atoms with Gasteiger partial charge in [-0.25, -0.2) is 0 Å². The first-order chi connectivity index (χ1) is 39.5. The molecule has 0 heterocycles. The predicted octanol–water partition coefficient (Wildman–Crippen LogP) is 23.8. The second-order valence-corrected chi connectivity index (χ2v) is 23.1. The zero-order valence-corrected chi connectivity index (χ0v) is 53.1. The first-order valence-corrected chi connectivity index (χ1v) is 34.6. The molecule has 0 aliphatic carbocycles. The zero-order valence-electron chi connectivity index (χ0n) is 53.1. The van der Waals surface area contributed by atoms with Crippen molar-refractivity contribution in [3.05, 3.63) is 85.1 Å². The van der Waals surface area contributed by atoms with Crippen LogP contribution in [0.15, 0.2) is 85.1 Å². The van der Waals surface area contributed by atoms with Gasteiger partial charge in [-0.05, 0) is 96.3 Å². The molecule has 0 bridgehead atoms. The van der Waals surface area contributed by atoms with E-state index in [0.29, 0.717) is 19.3 Å². The molecule has 1 atom stereocenters. The summed E-state index contributed by atoms with van der Waals surface area (Å²) in [6.45, 7) is 6.54. The Morgan fingerprint density at radius 2 is 0.487 bits per heavy atom. The second-order valence-electron chi connectivity index (χ2n) is 23.1.